The number of primary amides is 1. The summed E-state index contributed by atoms with van der Waals surface area (Å²) in [6.07, 6.45) is 4.13. The van der Waals surface area contributed by atoms with Crippen LogP contribution in [0.4, 0.5) is 0 Å². The molecular formula is C28H27N3O7. The summed E-state index contributed by atoms with van der Waals surface area (Å²) >= 11 is 0. The van der Waals surface area contributed by atoms with Gasteiger partial charge in [-0.05, 0) is 54.4 Å². The number of aryl methyl sites for hydroxylation is 1. The molecule has 1 heterocycles. The molecule has 196 valence electrons. The van der Waals surface area contributed by atoms with Crippen LogP contribution in [-0.2, 0) is 33.8 Å². The number of aromatic hydroxyl groups is 1. The number of nitrogens with zero attached hydrogens (tertiary/aromatic N) is 1. The number of amides is 2. The van der Waals surface area contributed by atoms with E-state index >= 15 is 0 Å². The average Bonchev–Trinajstić information content (AvgIpc) is 2.87. The third-order valence-corrected chi connectivity index (χ3v) is 7.80. The molecular weight excluding hydrogens is 490 g/mol. The molecule has 38 heavy (non-hydrogen) atoms. The van der Waals surface area contributed by atoms with Gasteiger partial charge in [-0.2, -0.15) is 0 Å². The van der Waals surface area contributed by atoms with E-state index in [0.717, 1.165) is 5.56 Å². The van der Waals surface area contributed by atoms with E-state index in [4.69, 9.17) is 5.73 Å². The lowest BCUT2D eigenvalue weighted by molar-refractivity contribution is -0.127. The van der Waals surface area contributed by atoms with E-state index < -0.39 is 52.3 Å². The van der Waals surface area contributed by atoms with Crippen LogP contribution in [0, 0.1) is 17.8 Å². The monoisotopic (exact) mass is 517 g/mol. The van der Waals surface area contributed by atoms with Crippen molar-refractivity contribution in [1.29, 1.82) is 0 Å². The summed E-state index contributed by atoms with van der Waals surface area (Å²) in [6.45, 7) is 1.90. The number of benzene rings is 1. The molecule has 3 atom stereocenters. The quantitative estimate of drug-likeness (QED) is 0.374. The van der Waals surface area contributed by atoms with E-state index in [0.29, 0.717) is 36.0 Å². The zero-order chi connectivity index (χ0) is 27.3. The molecule has 2 amide bonds. The maximum Gasteiger partial charge on any atom is 0.255 e. The van der Waals surface area contributed by atoms with Crippen molar-refractivity contribution in [2.75, 3.05) is 0 Å². The zero-order valence-electron chi connectivity index (χ0n) is 20.7. The Kier molecular flexibility index (Phi) is 6.26. The number of nitrogens with one attached hydrogen (secondary N) is 1. The maximum atomic E-state index is 13.6. The number of carbonyl (C=O) groups is 4. The normalized spacial score (nSPS) is 22.5. The van der Waals surface area contributed by atoms with Gasteiger partial charge in [0.15, 0.2) is 11.6 Å². The Hall–Kier alpha value is -4.47. The van der Waals surface area contributed by atoms with Gasteiger partial charge in [0.1, 0.15) is 22.8 Å². The smallest absolute Gasteiger partial charge is 0.255 e. The molecule has 6 N–H and O–H groups in total. The van der Waals surface area contributed by atoms with Gasteiger partial charge in [-0.1, -0.05) is 13.0 Å². The van der Waals surface area contributed by atoms with Gasteiger partial charge in [0.2, 0.25) is 0 Å². The highest BCUT2D eigenvalue weighted by Gasteiger charge is 2.51. The number of hydrogen-bond acceptors (Lipinski definition) is 8. The van der Waals surface area contributed by atoms with E-state index in [9.17, 15) is 34.5 Å². The van der Waals surface area contributed by atoms with Gasteiger partial charge in [-0.25, -0.2) is 0 Å². The number of aromatic nitrogens is 1. The van der Waals surface area contributed by atoms with Crippen LogP contribution < -0.4 is 11.1 Å². The highest BCUT2D eigenvalue weighted by atomic mass is 16.3. The predicted octanol–water partition coefficient (Wildman–Crippen LogP) is 2.20. The topological polar surface area (TPSA) is 180 Å². The number of phenolic OH excluding ortho intramolecular Hbond substituents is 1. The van der Waals surface area contributed by atoms with E-state index in [2.05, 4.69) is 10.3 Å². The van der Waals surface area contributed by atoms with Crippen LogP contribution in [0.5, 0.6) is 5.75 Å². The van der Waals surface area contributed by atoms with E-state index in [1.54, 1.807) is 24.4 Å². The van der Waals surface area contributed by atoms with Crippen molar-refractivity contribution in [2.45, 2.75) is 39.2 Å². The number of carbonyl (C=O) groups excluding carboxylic acids is 4. The molecule has 3 aliphatic carbocycles. The second-order valence-electron chi connectivity index (χ2n) is 9.93. The minimum absolute atomic E-state index is 0.0296. The van der Waals surface area contributed by atoms with E-state index in [1.165, 1.54) is 6.20 Å². The van der Waals surface area contributed by atoms with Crippen molar-refractivity contribution in [2.24, 2.45) is 23.5 Å². The van der Waals surface area contributed by atoms with Crippen LogP contribution in [-0.4, -0.2) is 43.7 Å². The number of aliphatic hydroxyl groups excluding tert-OH is 2. The molecule has 2 aromatic rings. The lowest BCUT2D eigenvalue weighted by Gasteiger charge is -2.41. The molecule has 0 spiro atoms. The lowest BCUT2D eigenvalue weighted by atomic mass is 9.61. The van der Waals surface area contributed by atoms with Crippen molar-refractivity contribution in [3.05, 3.63) is 75.3 Å². The predicted molar refractivity (Wildman–Crippen MR) is 135 cm³/mol. The van der Waals surface area contributed by atoms with Gasteiger partial charge in [-0.15, -0.1) is 0 Å². The Labute approximate surface area is 217 Å². The first-order valence-corrected chi connectivity index (χ1v) is 12.4. The third-order valence-electron chi connectivity index (χ3n) is 7.80. The van der Waals surface area contributed by atoms with Gasteiger partial charge < -0.3 is 26.4 Å². The van der Waals surface area contributed by atoms with E-state index in [1.807, 2.05) is 6.92 Å². The summed E-state index contributed by atoms with van der Waals surface area (Å²) in [6, 6.07) is 5.02. The molecule has 0 bridgehead atoms. The molecule has 0 saturated heterocycles. The molecule has 10 heteroatoms. The lowest BCUT2D eigenvalue weighted by Crippen LogP contribution is -2.44. The molecule has 1 unspecified atom stereocenters. The Morgan fingerprint density at radius 1 is 1.16 bits per heavy atom. The number of fused-ring (bicyclic) bond motifs is 3. The van der Waals surface area contributed by atoms with Crippen LogP contribution in [0.1, 0.15) is 52.4 Å². The molecule has 10 nitrogen and oxygen atoms in total. The van der Waals surface area contributed by atoms with Crippen molar-refractivity contribution in [1.82, 2.24) is 10.3 Å². The fraction of sp³-hybridized carbons (Fsp3) is 0.321. The van der Waals surface area contributed by atoms with E-state index in [-0.39, 0.29) is 35.8 Å². The minimum Gasteiger partial charge on any atom is -0.511 e. The summed E-state index contributed by atoms with van der Waals surface area (Å²) in [5.74, 6) is -6.09. The molecule has 1 aromatic carbocycles. The van der Waals surface area contributed by atoms with Gasteiger partial charge in [0.25, 0.3) is 11.8 Å². The summed E-state index contributed by atoms with van der Waals surface area (Å²) in [5.41, 5.74) is 7.15. The first-order chi connectivity index (χ1) is 18.1. The molecule has 5 rings (SSSR count). The average molecular weight is 518 g/mol. The van der Waals surface area contributed by atoms with Crippen molar-refractivity contribution in [3.63, 3.8) is 0 Å². The largest absolute Gasteiger partial charge is 0.511 e. The van der Waals surface area contributed by atoms with Gasteiger partial charge >= 0.3 is 0 Å². The second kappa shape index (κ2) is 9.44. The summed E-state index contributed by atoms with van der Waals surface area (Å²) in [4.78, 5) is 54.3. The number of Topliss-reactive ketones (excluding diaryl/α,β-unsaturated/α-hetero) is 2. The van der Waals surface area contributed by atoms with Crippen LogP contribution in [0.25, 0.3) is 5.76 Å². The molecule has 0 aliphatic heterocycles. The van der Waals surface area contributed by atoms with Crippen molar-refractivity contribution in [3.8, 4) is 5.75 Å². The number of allylic oxidation sites excluding steroid dienone is 2. The second-order valence-corrected chi connectivity index (χ2v) is 9.93. The van der Waals surface area contributed by atoms with Gasteiger partial charge in [0.05, 0.1) is 17.0 Å². The van der Waals surface area contributed by atoms with Gasteiger partial charge in [0, 0.05) is 36.5 Å². The maximum absolute atomic E-state index is 13.6. The van der Waals surface area contributed by atoms with Crippen molar-refractivity contribution >= 4 is 29.1 Å². The molecule has 0 radical (unpaired) electrons. The molecule has 3 aliphatic rings. The number of rotatable bonds is 5. The molecule has 1 saturated carbocycles. The molecule has 1 aromatic heterocycles. The standard InChI is InChI=1S/C28H27N3O7/c1-2-12-6-16(11-31-28(38)13-4-3-5-30-10-13)23(33)21-17(12)8-14-7-15-9-18(32)22(27(29)37)26(36)20(15)24(34)19(14)25(21)35/h3-6,10,14-15,20,33,35-36H,2,7-9,11H2,1H3,(H2,29,37)(H,31,38)/t14-,15+,20?/m1/s1. The number of phenols is 1. The first-order valence-electron chi connectivity index (χ1n) is 12.4. The first kappa shape index (κ1) is 25.2. The van der Waals surface area contributed by atoms with Crippen molar-refractivity contribution < 1.29 is 34.5 Å². The Balaban J connectivity index is 1.55. The molecule has 1 fully saturated rings. The third kappa shape index (κ3) is 3.93. The number of nitrogens with two attached hydrogens (primary N) is 1. The fourth-order valence-corrected chi connectivity index (χ4v) is 6.07. The van der Waals surface area contributed by atoms with Crippen LogP contribution in [0.2, 0.25) is 0 Å². The number of pyridine rings is 1. The Bertz CT molecular complexity index is 1460. The SMILES string of the molecule is CCc1cc(CNC(=O)c2cccnc2)c(O)c2c1C[C@H]1C[C@H]3CC(=O)C(C(N)=O)=C(O)C3C(=O)C1=C2O. The number of aliphatic hydroxyl groups is 2. The zero-order valence-corrected chi connectivity index (χ0v) is 20.7. The number of ketones is 2. The highest BCUT2D eigenvalue weighted by Crippen LogP contribution is 2.51. The fourth-order valence-electron chi connectivity index (χ4n) is 6.07. The summed E-state index contributed by atoms with van der Waals surface area (Å²) in [5, 5.41) is 36.0. The summed E-state index contributed by atoms with van der Waals surface area (Å²) < 4.78 is 0. The Morgan fingerprint density at radius 3 is 2.58 bits per heavy atom. The van der Waals surface area contributed by atoms with Crippen LogP contribution in [0.15, 0.2) is 47.5 Å². The van der Waals surface area contributed by atoms with Crippen LogP contribution >= 0.6 is 0 Å². The summed E-state index contributed by atoms with van der Waals surface area (Å²) in [7, 11) is 0. The van der Waals surface area contributed by atoms with Gasteiger partial charge in [-0.3, -0.25) is 24.2 Å². The highest BCUT2D eigenvalue weighted by molar-refractivity contribution is 6.21. The minimum atomic E-state index is -1.17. The Morgan fingerprint density at radius 2 is 1.92 bits per heavy atom. The van der Waals surface area contributed by atoms with Crippen LogP contribution in [0.3, 0.4) is 0 Å². The number of hydrogen-bond donors (Lipinski definition) is 5.